The second kappa shape index (κ2) is 12.3. The Morgan fingerprint density at radius 1 is 1.10 bits per heavy atom. The molecule has 1 aliphatic rings. The van der Waals surface area contributed by atoms with E-state index < -0.39 is 10.0 Å². The van der Waals surface area contributed by atoms with Crippen LogP contribution in [0.25, 0.3) is 0 Å². The van der Waals surface area contributed by atoms with Gasteiger partial charge < -0.3 is 15.0 Å². The first-order valence-corrected chi connectivity index (χ1v) is 11.6. The number of nitrogens with one attached hydrogen (secondary N) is 1. The van der Waals surface area contributed by atoms with Crippen LogP contribution in [-0.2, 0) is 16.6 Å². The Morgan fingerprint density at radius 3 is 2.35 bits per heavy atom. The largest absolute Gasteiger partial charge is 0.492 e. The highest BCUT2D eigenvalue weighted by Crippen LogP contribution is 2.21. The second-order valence-electron chi connectivity index (χ2n) is 7.24. The van der Waals surface area contributed by atoms with Gasteiger partial charge in [0.2, 0.25) is 10.0 Å². The zero-order valence-electron chi connectivity index (χ0n) is 18.0. The molecule has 9 heteroatoms. The van der Waals surface area contributed by atoms with Gasteiger partial charge in [-0.1, -0.05) is 30.3 Å². The lowest BCUT2D eigenvalue weighted by Gasteiger charge is -2.22. The predicted molar refractivity (Wildman–Crippen MR) is 135 cm³/mol. The van der Waals surface area contributed by atoms with E-state index in [1.165, 1.54) is 0 Å². The average Bonchev–Trinajstić information content (AvgIpc) is 3.31. The summed E-state index contributed by atoms with van der Waals surface area (Å²) in [6.07, 6.45) is 1.87. The predicted octanol–water partition coefficient (Wildman–Crippen LogP) is 3.18. The van der Waals surface area contributed by atoms with E-state index >= 15 is 0 Å². The molecule has 2 aromatic carbocycles. The molecule has 1 heterocycles. The molecule has 0 bridgehead atoms. The number of rotatable bonds is 8. The number of benzene rings is 2. The van der Waals surface area contributed by atoms with E-state index in [9.17, 15) is 8.42 Å². The van der Waals surface area contributed by atoms with Gasteiger partial charge in [-0.15, -0.1) is 24.0 Å². The van der Waals surface area contributed by atoms with Crippen LogP contribution in [0, 0.1) is 0 Å². The van der Waals surface area contributed by atoms with Crippen LogP contribution in [0.2, 0.25) is 0 Å². The Kier molecular flexibility index (Phi) is 10.0. The van der Waals surface area contributed by atoms with Crippen LogP contribution < -0.4 is 10.1 Å². The van der Waals surface area contributed by atoms with Crippen molar-refractivity contribution in [3.05, 3.63) is 60.2 Å². The zero-order valence-corrected chi connectivity index (χ0v) is 21.2. The van der Waals surface area contributed by atoms with Gasteiger partial charge in [0.1, 0.15) is 12.4 Å². The molecule has 0 spiro atoms. The molecule has 0 amide bonds. The highest BCUT2D eigenvalue weighted by Gasteiger charge is 2.26. The lowest BCUT2D eigenvalue weighted by molar-refractivity contribution is 0.281. The molecular formula is C22H31IN4O3S. The summed E-state index contributed by atoms with van der Waals surface area (Å²) < 4.78 is 32.5. The second-order valence-corrected chi connectivity index (χ2v) is 9.18. The summed E-state index contributed by atoms with van der Waals surface area (Å²) in [5.74, 6) is 1.60. The van der Waals surface area contributed by atoms with Crippen molar-refractivity contribution in [3.8, 4) is 5.75 Å². The molecular weight excluding hydrogens is 527 g/mol. The van der Waals surface area contributed by atoms with Crippen molar-refractivity contribution in [2.24, 2.45) is 4.99 Å². The third kappa shape index (κ3) is 7.08. The van der Waals surface area contributed by atoms with Crippen molar-refractivity contribution in [2.75, 3.05) is 40.3 Å². The number of nitrogens with zero attached hydrogens (tertiary/aromatic N) is 3. The van der Waals surface area contributed by atoms with Crippen LogP contribution in [0.15, 0.2) is 64.5 Å². The van der Waals surface area contributed by atoms with Crippen molar-refractivity contribution >= 4 is 40.0 Å². The Bertz CT molecular complexity index is 931. The standard InChI is InChI=1S/C22H30N4O3S.HI/c1-23-22(25(2)16-17-29-20-8-4-3-5-9-20)24-18-19-10-12-21(13-11-19)30(27,28)26-14-6-7-15-26;/h3-5,8-13H,6-7,14-18H2,1-2H3,(H,23,24);1H. The maximum Gasteiger partial charge on any atom is 0.243 e. The number of ether oxygens (including phenoxy) is 1. The quantitative estimate of drug-likeness (QED) is 0.306. The van der Waals surface area contributed by atoms with Crippen molar-refractivity contribution < 1.29 is 13.2 Å². The summed E-state index contributed by atoms with van der Waals surface area (Å²) in [6, 6.07) is 16.8. The summed E-state index contributed by atoms with van der Waals surface area (Å²) >= 11 is 0. The Morgan fingerprint density at radius 2 is 1.74 bits per heavy atom. The van der Waals surface area contributed by atoms with Crippen molar-refractivity contribution in [2.45, 2.75) is 24.3 Å². The van der Waals surface area contributed by atoms with Gasteiger partial charge in [-0.25, -0.2) is 8.42 Å². The summed E-state index contributed by atoms with van der Waals surface area (Å²) in [4.78, 5) is 6.66. The molecule has 1 aliphatic heterocycles. The molecule has 0 saturated carbocycles. The first-order valence-electron chi connectivity index (χ1n) is 10.2. The highest BCUT2D eigenvalue weighted by molar-refractivity contribution is 14.0. The van der Waals surface area contributed by atoms with Gasteiger partial charge in [0.05, 0.1) is 11.4 Å². The Balaban J connectivity index is 0.00000341. The summed E-state index contributed by atoms with van der Waals surface area (Å²) in [5.41, 5.74) is 0.991. The first kappa shape index (κ1) is 25.4. The van der Waals surface area contributed by atoms with E-state index in [4.69, 9.17) is 4.74 Å². The van der Waals surface area contributed by atoms with Crippen molar-refractivity contribution in [1.82, 2.24) is 14.5 Å². The number of para-hydroxylation sites is 1. The fraction of sp³-hybridized carbons (Fsp3) is 0.409. The molecule has 3 rings (SSSR count). The number of sulfonamides is 1. The van der Waals surface area contributed by atoms with Gasteiger partial charge in [-0.2, -0.15) is 4.31 Å². The Hall–Kier alpha value is -1.85. The molecule has 31 heavy (non-hydrogen) atoms. The number of halogens is 1. The molecule has 0 atom stereocenters. The van der Waals surface area contributed by atoms with E-state index in [2.05, 4.69) is 10.3 Å². The minimum absolute atomic E-state index is 0. The van der Waals surface area contributed by atoms with Gasteiger partial charge in [0.25, 0.3) is 0 Å². The van der Waals surface area contributed by atoms with Gasteiger partial charge in [0.15, 0.2) is 5.96 Å². The van der Waals surface area contributed by atoms with Gasteiger partial charge in [-0.05, 0) is 42.7 Å². The lowest BCUT2D eigenvalue weighted by atomic mass is 10.2. The highest BCUT2D eigenvalue weighted by atomic mass is 127. The molecule has 170 valence electrons. The van der Waals surface area contributed by atoms with E-state index in [0.717, 1.165) is 30.1 Å². The van der Waals surface area contributed by atoms with Crippen molar-refractivity contribution in [1.29, 1.82) is 0 Å². The summed E-state index contributed by atoms with van der Waals surface area (Å²) in [6.45, 7) is 3.01. The fourth-order valence-corrected chi connectivity index (χ4v) is 4.86. The van der Waals surface area contributed by atoms with Crippen molar-refractivity contribution in [3.63, 3.8) is 0 Å². The number of hydrogen-bond donors (Lipinski definition) is 1. The minimum atomic E-state index is -3.37. The van der Waals surface area contributed by atoms with E-state index in [1.807, 2.05) is 54.4 Å². The number of guanidine groups is 1. The molecule has 2 aromatic rings. The maximum atomic E-state index is 12.6. The third-order valence-corrected chi connectivity index (χ3v) is 7.00. The van der Waals surface area contributed by atoms with E-state index in [-0.39, 0.29) is 24.0 Å². The van der Waals surface area contributed by atoms with Crippen LogP contribution in [0.3, 0.4) is 0 Å². The van der Waals surface area contributed by atoms with E-state index in [1.54, 1.807) is 23.5 Å². The van der Waals surface area contributed by atoms with Gasteiger partial charge in [0, 0.05) is 33.7 Å². The topological polar surface area (TPSA) is 74.2 Å². The summed E-state index contributed by atoms with van der Waals surface area (Å²) in [5, 5.41) is 3.31. The molecule has 0 unspecified atom stereocenters. The molecule has 0 aliphatic carbocycles. The minimum Gasteiger partial charge on any atom is -0.492 e. The molecule has 7 nitrogen and oxygen atoms in total. The zero-order chi connectivity index (χ0) is 21.4. The third-order valence-electron chi connectivity index (χ3n) is 5.09. The monoisotopic (exact) mass is 558 g/mol. The number of aliphatic imine (C=N–C) groups is 1. The lowest BCUT2D eigenvalue weighted by Crippen LogP contribution is -2.40. The number of likely N-dealkylation sites (N-methyl/N-ethyl adjacent to an activating group) is 1. The number of hydrogen-bond acceptors (Lipinski definition) is 4. The van der Waals surface area contributed by atoms with Crippen LogP contribution in [0.4, 0.5) is 0 Å². The summed E-state index contributed by atoms with van der Waals surface area (Å²) in [7, 11) is 0.321. The molecule has 1 saturated heterocycles. The fourth-order valence-electron chi connectivity index (χ4n) is 3.35. The first-order chi connectivity index (χ1) is 14.5. The molecule has 1 fully saturated rings. The van der Waals surface area contributed by atoms with Crippen LogP contribution in [-0.4, -0.2) is 63.9 Å². The molecule has 0 radical (unpaired) electrons. The molecule has 1 N–H and O–H groups in total. The van der Waals surface area contributed by atoms with Crippen LogP contribution in [0.5, 0.6) is 5.75 Å². The maximum absolute atomic E-state index is 12.6. The average molecular weight is 558 g/mol. The Labute approximate surface area is 202 Å². The van der Waals surface area contributed by atoms with E-state index in [0.29, 0.717) is 37.7 Å². The SMILES string of the molecule is CN=C(NCc1ccc(S(=O)(=O)N2CCCC2)cc1)N(C)CCOc1ccccc1.I. The van der Waals surface area contributed by atoms with Crippen LogP contribution >= 0.6 is 24.0 Å². The van der Waals surface area contributed by atoms with Gasteiger partial charge >= 0.3 is 0 Å². The van der Waals surface area contributed by atoms with Gasteiger partial charge in [-0.3, -0.25) is 4.99 Å². The normalized spacial score (nSPS) is 14.7. The molecule has 0 aromatic heterocycles. The smallest absolute Gasteiger partial charge is 0.243 e. The van der Waals surface area contributed by atoms with Crippen LogP contribution in [0.1, 0.15) is 18.4 Å².